The van der Waals surface area contributed by atoms with Crippen LogP contribution in [-0.2, 0) is 20.0 Å². The maximum Gasteiger partial charge on any atom is 0.330 e. The van der Waals surface area contributed by atoms with Crippen LogP contribution in [0, 0.1) is 59.9 Å². The zero-order valence-corrected chi connectivity index (χ0v) is 20.7. The summed E-state index contributed by atoms with van der Waals surface area (Å²) in [5.41, 5.74) is 1.39. The van der Waals surface area contributed by atoms with Crippen LogP contribution in [0.4, 0.5) is 0 Å². The van der Waals surface area contributed by atoms with Gasteiger partial charge in [-0.25, -0.2) is 4.79 Å². The molecule has 4 aromatic rings. The van der Waals surface area contributed by atoms with Crippen molar-refractivity contribution in [3.63, 3.8) is 0 Å². The second-order valence-corrected chi connectivity index (χ2v) is 7.42. The summed E-state index contributed by atoms with van der Waals surface area (Å²) >= 11 is 0. The number of rotatable bonds is 4. The first-order valence-corrected chi connectivity index (χ1v) is 9.30. The van der Waals surface area contributed by atoms with E-state index < -0.39 is 5.56 Å². The van der Waals surface area contributed by atoms with Gasteiger partial charge in [-0.3, -0.25) is 18.9 Å². The topological polar surface area (TPSA) is 101 Å². The van der Waals surface area contributed by atoms with Gasteiger partial charge < -0.3 is 17.9 Å². The van der Waals surface area contributed by atoms with Crippen LogP contribution in [0.3, 0.4) is 0 Å². The SMILES string of the molecule is CC(C)Cn1c(=O)n(C)c(=O)c2n[c-]c(Cc3cccc4ccccc34)nc21.O.[CH3-].[Sm]. The number of benzene rings is 2. The smallest absolute Gasteiger partial charge is 0.330 e. The van der Waals surface area contributed by atoms with Crippen molar-refractivity contribution < 1.29 is 45.9 Å². The summed E-state index contributed by atoms with van der Waals surface area (Å²) in [6.07, 6.45) is 3.43. The van der Waals surface area contributed by atoms with Gasteiger partial charge in [0.05, 0.1) is 5.65 Å². The Balaban J connectivity index is 0.00000160. The molecule has 31 heavy (non-hydrogen) atoms. The number of fused-ring (bicyclic) bond motifs is 2. The standard InChI is InChI=1S/C22H21N4O2.CH3.H2O.Sm/c1-14(2)13-26-20-19(21(27)25(3)22(26)28)23-12-17(24-20)11-16-9-6-8-15-7-4-5-10-18(15)16;;;/h4-10,14H,11,13H2,1-3H3;1H3;1H2;/q2*-1;;. The molecule has 4 rings (SSSR count). The van der Waals surface area contributed by atoms with Gasteiger partial charge in [-0.2, -0.15) is 0 Å². The Hall–Kier alpha value is -1.98. The van der Waals surface area contributed by atoms with Crippen molar-refractivity contribution in [3.05, 3.63) is 88.2 Å². The molecule has 0 spiro atoms. The van der Waals surface area contributed by atoms with Crippen molar-refractivity contribution in [2.75, 3.05) is 0 Å². The summed E-state index contributed by atoms with van der Waals surface area (Å²) in [5, 5.41) is 2.29. The molecule has 0 aliphatic rings. The molecule has 0 amide bonds. The van der Waals surface area contributed by atoms with Crippen LogP contribution in [0.25, 0.3) is 21.9 Å². The molecule has 0 saturated carbocycles. The van der Waals surface area contributed by atoms with E-state index >= 15 is 0 Å². The van der Waals surface area contributed by atoms with Crippen LogP contribution in [0.2, 0.25) is 0 Å². The predicted octanol–water partition coefficient (Wildman–Crippen LogP) is 2.32. The largest absolute Gasteiger partial charge is 0.442 e. The third kappa shape index (κ3) is 5.27. The average molecular weight is 557 g/mol. The Kier molecular flexibility index (Phi) is 9.64. The summed E-state index contributed by atoms with van der Waals surface area (Å²) in [6, 6.07) is 14.3. The van der Waals surface area contributed by atoms with Crippen molar-refractivity contribution in [3.8, 4) is 0 Å². The fraction of sp³-hybridized carbons (Fsp3) is 0.261. The maximum atomic E-state index is 12.6. The first-order valence-electron chi connectivity index (χ1n) is 9.30. The maximum absolute atomic E-state index is 12.6. The molecule has 7 nitrogen and oxygen atoms in total. The summed E-state index contributed by atoms with van der Waals surface area (Å²) in [6.45, 7) is 4.50. The Morgan fingerprint density at radius 1 is 1.06 bits per heavy atom. The normalized spacial score (nSPS) is 10.5. The number of nitrogens with zero attached hydrogens (tertiary/aromatic N) is 4. The van der Waals surface area contributed by atoms with Crippen molar-refractivity contribution in [2.24, 2.45) is 13.0 Å². The fourth-order valence-electron chi connectivity index (χ4n) is 3.46. The molecule has 2 aromatic heterocycles. The molecule has 2 N–H and O–H groups in total. The number of hydrogen-bond acceptors (Lipinski definition) is 4. The van der Waals surface area contributed by atoms with E-state index in [9.17, 15) is 9.59 Å². The van der Waals surface area contributed by atoms with Crippen molar-refractivity contribution >= 4 is 21.9 Å². The molecule has 0 radical (unpaired) electrons. The molecule has 8 heteroatoms. The zero-order chi connectivity index (χ0) is 19.8. The van der Waals surface area contributed by atoms with E-state index in [0.29, 0.717) is 24.3 Å². The first-order chi connectivity index (χ1) is 13.5. The van der Waals surface area contributed by atoms with Crippen LogP contribution in [0.1, 0.15) is 25.1 Å². The minimum Gasteiger partial charge on any atom is -0.442 e. The van der Waals surface area contributed by atoms with Crippen molar-refractivity contribution in [2.45, 2.75) is 26.8 Å². The third-order valence-corrected chi connectivity index (χ3v) is 4.82. The Labute approximate surface area is 213 Å². The van der Waals surface area contributed by atoms with E-state index in [2.05, 4.69) is 34.4 Å². The quantitative estimate of drug-likeness (QED) is 0.360. The number of hydrogen-bond donors (Lipinski definition) is 0. The van der Waals surface area contributed by atoms with E-state index in [-0.39, 0.29) is 70.4 Å². The summed E-state index contributed by atoms with van der Waals surface area (Å²) in [4.78, 5) is 34.0. The van der Waals surface area contributed by atoms with Crippen LogP contribution >= 0.6 is 0 Å². The third-order valence-electron chi connectivity index (χ3n) is 4.82. The van der Waals surface area contributed by atoms with Gasteiger partial charge in [0.2, 0.25) is 5.56 Å². The van der Waals surface area contributed by atoms with E-state index in [4.69, 9.17) is 0 Å². The molecule has 0 aliphatic carbocycles. The van der Waals surface area contributed by atoms with E-state index in [0.717, 1.165) is 20.9 Å². The van der Waals surface area contributed by atoms with Gasteiger partial charge in [0.1, 0.15) is 0 Å². The molecule has 0 fully saturated rings. The van der Waals surface area contributed by atoms with Gasteiger partial charge in [0, 0.05) is 59.5 Å². The Morgan fingerprint density at radius 2 is 1.74 bits per heavy atom. The van der Waals surface area contributed by atoms with Crippen molar-refractivity contribution in [1.29, 1.82) is 0 Å². The Bertz CT molecular complexity index is 1310. The molecule has 0 aliphatic heterocycles. The van der Waals surface area contributed by atoms with Crippen molar-refractivity contribution in [1.82, 2.24) is 19.1 Å². The molecule has 0 bridgehead atoms. The van der Waals surface area contributed by atoms with Gasteiger partial charge in [-0.1, -0.05) is 56.3 Å². The second-order valence-electron chi connectivity index (χ2n) is 7.42. The van der Waals surface area contributed by atoms with Gasteiger partial charge in [-0.05, 0) is 34.4 Å². The molecule has 164 valence electrons. The summed E-state index contributed by atoms with van der Waals surface area (Å²) in [7, 11) is 1.46. The molecular formula is C23H26N4O3Sm-2. The van der Waals surface area contributed by atoms with Crippen LogP contribution in [0.15, 0.2) is 52.1 Å². The first kappa shape index (κ1) is 27.1. The number of aromatic nitrogens is 4. The zero-order valence-electron chi connectivity index (χ0n) is 18.0. The van der Waals surface area contributed by atoms with Crippen LogP contribution in [0.5, 0.6) is 0 Å². The fourth-order valence-corrected chi connectivity index (χ4v) is 3.46. The molecule has 0 atom stereocenters. The predicted molar refractivity (Wildman–Crippen MR) is 119 cm³/mol. The summed E-state index contributed by atoms with van der Waals surface area (Å²) < 4.78 is 2.62. The van der Waals surface area contributed by atoms with Gasteiger partial charge in [-0.15, -0.1) is 6.20 Å². The molecular weight excluding hydrogens is 531 g/mol. The van der Waals surface area contributed by atoms with E-state index in [1.807, 2.05) is 38.1 Å². The second kappa shape index (κ2) is 11.1. The monoisotopic (exact) mass is 558 g/mol. The molecule has 0 saturated heterocycles. The molecule has 0 unspecified atom stereocenters. The van der Waals surface area contributed by atoms with E-state index in [1.54, 1.807) is 0 Å². The van der Waals surface area contributed by atoms with Gasteiger partial charge >= 0.3 is 5.69 Å². The minimum absolute atomic E-state index is 0. The van der Waals surface area contributed by atoms with Gasteiger partial charge in [0.15, 0.2) is 0 Å². The summed E-state index contributed by atoms with van der Waals surface area (Å²) in [5.74, 6) is 0.228. The molecule has 2 aromatic carbocycles. The molecule has 2 heterocycles. The minimum atomic E-state index is -0.444. The van der Waals surface area contributed by atoms with Gasteiger partial charge in [0.25, 0.3) is 0 Å². The van der Waals surface area contributed by atoms with Crippen LogP contribution < -0.4 is 11.2 Å². The Morgan fingerprint density at radius 3 is 2.45 bits per heavy atom. The van der Waals surface area contributed by atoms with Crippen LogP contribution in [-0.4, -0.2) is 24.6 Å². The average Bonchev–Trinajstić information content (AvgIpc) is 2.69. The van der Waals surface area contributed by atoms with E-state index in [1.165, 1.54) is 11.6 Å².